The number of piperazine rings is 1. The summed E-state index contributed by atoms with van der Waals surface area (Å²) in [6, 6.07) is 12.8. The normalized spacial score (nSPS) is 22.2. The van der Waals surface area contributed by atoms with Gasteiger partial charge in [-0.25, -0.2) is 9.97 Å². The molecule has 2 fully saturated rings. The van der Waals surface area contributed by atoms with Crippen LogP contribution in [0, 0.1) is 6.92 Å². The molecule has 1 amide bonds. The quantitative estimate of drug-likeness (QED) is 0.629. The van der Waals surface area contributed by atoms with Gasteiger partial charge in [0, 0.05) is 31.6 Å². The van der Waals surface area contributed by atoms with Crippen LogP contribution in [0.4, 0.5) is 14.6 Å². The summed E-state index contributed by atoms with van der Waals surface area (Å²) in [6.07, 6.45) is -3.41. The molecule has 0 bridgehead atoms. The average Bonchev–Trinajstić information content (AvgIpc) is 3.31. The summed E-state index contributed by atoms with van der Waals surface area (Å²) in [6.45, 7) is 4.50. The smallest absolute Gasteiger partial charge is 0.395 e. The number of carbonyl (C=O) groups is 1. The van der Waals surface area contributed by atoms with Crippen molar-refractivity contribution in [3.63, 3.8) is 0 Å². The molecule has 3 aromatic rings. The zero-order chi connectivity index (χ0) is 22.7. The number of amides is 1. The van der Waals surface area contributed by atoms with E-state index >= 15 is 0 Å². The Morgan fingerprint density at radius 2 is 1.78 bits per heavy atom. The minimum absolute atomic E-state index is 0.0828. The number of halogens is 2. The van der Waals surface area contributed by atoms with E-state index in [4.69, 9.17) is 4.98 Å². The van der Waals surface area contributed by atoms with Gasteiger partial charge in [-0.1, -0.05) is 18.2 Å². The predicted octanol–water partition coefficient (Wildman–Crippen LogP) is 3.34. The second-order valence-electron chi connectivity index (χ2n) is 8.34. The van der Waals surface area contributed by atoms with Gasteiger partial charge in [-0.3, -0.25) is 9.53 Å². The number of rotatable bonds is 3. The maximum Gasteiger partial charge on any atom is 0.395 e. The van der Waals surface area contributed by atoms with Crippen molar-refractivity contribution in [1.82, 2.24) is 14.9 Å². The number of benzene rings is 2. The Balaban J connectivity index is 1.47. The first-order valence-corrected chi connectivity index (χ1v) is 10.4. The molecule has 2 aliphatic rings. The molecule has 9 heteroatoms. The number of nitrogens with zero attached hydrogens (tertiary/aromatic N) is 4. The third-order valence-corrected chi connectivity index (χ3v) is 6.10. The third kappa shape index (κ3) is 3.24. The van der Waals surface area contributed by atoms with Gasteiger partial charge in [0.25, 0.3) is 5.91 Å². The first kappa shape index (κ1) is 20.6. The molecular formula is C23H22F2N4O3. The zero-order valence-electron chi connectivity index (χ0n) is 17.7. The SMILES string of the molecule is Cc1ccc2c(N3CCN(C(=O)C4(C)OC4(F)F)CC3)nc(-c3ccccc3O)nc2c1. The van der Waals surface area contributed by atoms with Gasteiger partial charge < -0.3 is 14.9 Å². The molecule has 2 aliphatic heterocycles. The highest BCUT2D eigenvalue weighted by molar-refractivity contribution is 5.92. The number of alkyl halides is 2. The van der Waals surface area contributed by atoms with Crippen molar-refractivity contribution in [2.24, 2.45) is 0 Å². The molecule has 3 heterocycles. The fourth-order valence-corrected chi connectivity index (χ4v) is 4.07. The number of hydrogen-bond acceptors (Lipinski definition) is 6. The molecule has 1 atom stereocenters. The zero-order valence-corrected chi connectivity index (χ0v) is 17.7. The number of fused-ring (bicyclic) bond motifs is 1. The molecule has 0 aliphatic carbocycles. The number of para-hydroxylation sites is 1. The average molecular weight is 440 g/mol. The lowest BCUT2D eigenvalue weighted by Crippen LogP contribution is -2.53. The number of phenolic OH excluding ortho intramolecular Hbond substituents is 1. The molecule has 166 valence electrons. The Morgan fingerprint density at radius 1 is 1.09 bits per heavy atom. The van der Waals surface area contributed by atoms with E-state index in [1.165, 1.54) is 4.90 Å². The van der Waals surface area contributed by atoms with Crippen LogP contribution in [0.3, 0.4) is 0 Å². The van der Waals surface area contributed by atoms with Crippen molar-refractivity contribution < 1.29 is 23.4 Å². The molecule has 32 heavy (non-hydrogen) atoms. The second-order valence-corrected chi connectivity index (χ2v) is 8.34. The number of ether oxygens (including phenoxy) is 1. The van der Waals surface area contributed by atoms with Crippen LogP contribution >= 0.6 is 0 Å². The van der Waals surface area contributed by atoms with Gasteiger partial charge in [0.1, 0.15) is 11.6 Å². The highest BCUT2D eigenvalue weighted by Gasteiger charge is 2.76. The first-order chi connectivity index (χ1) is 15.2. The van der Waals surface area contributed by atoms with Gasteiger partial charge in [-0.2, -0.15) is 8.78 Å². The number of anilines is 1. The van der Waals surface area contributed by atoms with Crippen LogP contribution in [0.5, 0.6) is 5.75 Å². The van der Waals surface area contributed by atoms with Crippen LogP contribution in [0.2, 0.25) is 0 Å². The minimum Gasteiger partial charge on any atom is -0.507 e. The predicted molar refractivity (Wildman–Crippen MR) is 115 cm³/mol. The van der Waals surface area contributed by atoms with E-state index in [2.05, 4.69) is 9.72 Å². The molecule has 0 saturated carbocycles. The van der Waals surface area contributed by atoms with E-state index in [0.717, 1.165) is 23.4 Å². The second kappa shape index (κ2) is 7.09. The summed E-state index contributed by atoms with van der Waals surface area (Å²) < 4.78 is 31.3. The number of phenols is 1. The van der Waals surface area contributed by atoms with Gasteiger partial charge in [-0.05, 0) is 43.7 Å². The van der Waals surface area contributed by atoms with Gasteiger partial charge >= 0.3 is 6.11 Å². The standard InChI is InChI=1S/C23H22F2N4O3/c1-14-7-8-15-17(13-14)26-19(16-5-3-4-6-18(16)30)27-20(15)28-9-11-29(12-10-28)21(31)22(2)23(24,25)32-22/h3-8,13,30H,9-12H2,1-2H3. The molecule has 1 aromatic heterocycles. The Kier molecular flexibility index (Phi) is 4.56. The maximum atomic E-state index is 13.5. The van der Waals surface area contributed by atoms with Crippen molar-refractivity contribution in [3.05, 3.63) is 48.0 Å². The summed E-state index contributed by atoms with van der Waals surface area (Å²) in [5.74, 6) is 0.465. The summed E-state index contributed by atoms with van der Waals surface area (Å²) in [4.78, 5) is 25.3. The van der Waals surface area contributed by atoms with Crippen LogP contribution in [0.25, 0.3) is 22.3 Å². The van der Waals surface area contributed by atoms with Crippen molar-refractivity contribution in [2.45, 2.75) is 25.6 Å². The highest BCUT2D eigenvalue weighted by atomic mass is 19.3. The van der Waals surface area contributed by atoms with Gasteiger partial charge in [0.15, 0.2) is 5.82 Å². The highest BCUT2D eigenvalue weighted by Crippen LogP contribution is 2.51. The summed E-state index contributed by atoms with van der Waals surface area (Å²) in [7, 11) is 0. The van der Waals surface area contributed by atoms with Gasteiger partial charge in [-0.15, -0.1) is 0 Å². The first-order valence-electron chi connectivity index (χ1n) is 10.4. The topological polar surface area (TPSA) is 82.1 Å². The summed E-state index contributed by atoms with van der Waals surface area (Å²) in [5.41, 5.74) is 0.239. The van der Waals surface area contributed by atoms with E-state index in [-0.39, 0.29) is 18.8 Å². The molecule has 5 rings (SSSR count). The lowest BCUT2D eigenvalue weighted by atomic mass is 10.1. The molecule has 0 spiro atoms. The number of aromatic hydroxyl groups is 1. The van der Waals surface area contributed by atoms with Crippen LogP contribution in [-0.2, 0) is 9.53 Å². The number of hydrogen-bond donors (Lipinski definition) is 1. The largest absolute Gasteiger partial charge is 0.507 e. The molecule has 1 unspecified atom stereocenters. The van der Waals surface area contributed by atoms with E-state index in [9.17, 15) is 18.7 Å². The van der Waals surface area contributed by atoms with Crippen molar-refractivity contribution in [2.75, 3.05) is 31.1 Å². The van der Waals surface area contributed by atoms with E-state index in [1.54, 1.807) is 24.3 Å². The lowest BCUT2D eigenvalue weighted by Gasteiger charge is -2.36. The van der Waals surface area contributed by atoms with Gasteiger partial charge in [0.05, 0.1) is 11.1 Å². The Bertz CT molecular complexity index is 1230. The number of carbonyl (C=O) groups excluding carboxylic acids is 1. The van der Waals surface area contributed by atoms with E-state index < -0.39 is 17.6 Å². The molecule has 1 N–H and O–H groups in total. The summed E-state index contributed by atoms with van der Waals surface area (Å²) >= 11 is 0. The van der Waals surface area contributed by atoms with Crippen molar-refractivity contribution >= 4 is 22.6 Å². The van der Waals surface area contributed by atoms with E-state index in [0.29, 0.717) is 30.3 Å². The van der Waals surface area contributed by atoms with E-state index in [1.807, 2.05) is 30.0 Å². The van der Waals surface area contributed by atoms with Crippen LogP contribution in [0.1, 0.15) is 12.5 Å². The van der Waals surface area contributed by atoms with Gasteiger partial charge in [0.2, 0.25) is 5.60 Å². The minimum atomic E-state index is -3.41. The summed E-state index contributed by atoms with van der Waals surface area (Å²) in [5, 5.41) is 11.1. The van der Waals surface area contributed by atoms with Crippen LogP contribution < -0.4 is 4.90 Å². The fraction of sp³-hybridized carbons (Fsp3) is 0.348. The van der Waals surface area contributed by atoms with Crippen LogP contribution in [0.15, 0.2) is 42.5 Å². The molecular weight excluding hydrogens is 418 g/mol. The monoisotopic (exact) mass is 440 g/mol. The Hall–Kier alpha value is -3.33. The molecule has 2 saturated heterocycles. The van der Waals surface area contributed by atoms with Crippen LogP contribution in [-0.4, -0.2) is 63.8 Å². The number of aryl methyl sites for hydroxylation is 1. The molecule has 7 nitrogen and oxygen atoms in total. The fourth-order valence-electron chi connectivity index (χ4n) is 4.07. The molecule has 2 aromatic carbocycles. The third-order valence-electron chi connectivity index (χ3n) is 6.10. The van der Waals surface area contributed by atoms with Crippen molar-refractivity contribution in [1.29, 1.82) is 0 Å². The lowest BCUT2D eigenvalue weighted by molar-refractivity contribution is -0.137. The number of epoxide rings is 1. The molecule has 0 radical (unpaired) electrons. The number of aromatic nitrogens is 2. The maximum absolute atomic E-state index is 13.5. The Labute approximate surface area is 183 Å². The Morgan fingerprint density at radius 3 is 2.44 bits per heavy atom. The van der Waals surface area contributed by atoms with Crippen molar-refractivity contribution in [3.8, 4) is 17.1 Å².